The average molecular weight is 311 g/mol. The number of thioether (sulfide) groups is 1. The molecule has 3 nitrogen and oxygen atoms in total. The van der Waals surface area contributed by atoms with Crippen molar-refractivity contribution in [1.82, 2.24) is 4.90 Å². The maximum atomic E-state index is 12.0. The number of carbonyl (C=O) groups excluding carboxylic acids is 1. The predicted molar refractivity (Wildman–Crippen MR) is 87.8 cm³/mol. The first-order valence-electron chi connectivity index (χ1n) is 8.56. The van der Waals surface area contributed by atoms with E-state index in [4.69, 9.17) is 4.74 Å². The first-order chi connectivity index (χ1) is 10.1. The van der Waals surface area contributed by atoms with Crippen molar-refractivity contribution < 1.29 is 9.53 Å². The molecule has 0 amide bonds. The molecule has 21 heavy (non-hydrogen) atoms. The number of likely N-dealkylation sites (tertiary alicyclic amines) is 1. The monoisotopic (exact) mass is 311 g/mol. The summed E-state index contributed by atoms with van der Waals surface area (Å²) in [5.41, 5.74) is 0.553. The molecule has 0 aromatic carbocycles. The van der Waals surface area contributed by atoms with E-state index in [9.17, 15) is 4.79 Å². The lowest BCUT2D eigenvalue weighted by Crippen LogP contribution is -2.38. The number of ether oxygens (including phenoxy) is 1. The minimum atomic E-state index is 0.438. The maximum Gasteiger partial charge on any atom is 0.135 e. The van der Waals surface area contributed by atoms with Gasteiger partial charge < -0.3 is 4.74 Å². The first kappa shape index (κ1) is 15.8. The Morgan fingerprint density at radius 2 is 2.14 bits per heavy atom. The largest absolute Gasteiger partial charge is 0.379 e. The highest BCUT2D eigenvalue weighted by molar-refractivity contribution is 7.99. The van der Waals surface area contributed by atoms with Crippen LogP contribution in [0.3, 0.4) is 0 Å². The van der Waals surface area contributed by atoms with Crippen LogP contribution in [0.5, 0.6) is 0 Å². The summed E-state index contributed by atoms with van der Waals surface area (Å²) in [5, 5.41) is 0.631. The molecule has 2 atom stereocenters. The van der Waals surface area contributed by atoms with Crippen molar-refractivity contribution in [3.8, 4) is 0 Å². The van der Waals surface area contributed by atoms with Gasteiger partial charge in [-0.3, -0.25) is 9.69 Å². The van der Waals surface area contributed by atoms with E-state index in [-0.39, 0.29) is 0 Å². The second kappa shape index (κ2) is 6.59. The molecular weight excluding hydrogens is 282 g/mol. The Morgan fingerprint density at radius 3 is 2.81 bits per heavy atom. The summed E-state index contributed by atoms with van der Waals surface area (Å²) in [4.78, 5) is 14.6. The maximum absolute atomic E-state index is 12.0. The summed E-state index contributed by atoms with van der Waals surface area (Å²) in [5.74, 6) is 2.17. The molecule has 2 heterocycles. The Labute approximate surface area is 133 Å². The number of fused-ring (bicyclic) bond motifs is 2. The van der Waals surface area contributed by atoms with Gasteiger partial charge in [0, 0.05) is 43.6 Å². The Morgan fingerprint density at radius 1 is 1.33 bits per heavy atom. The third kappa shape index (κ3) is 3.32. The van der Waals surface area contributed by atoms with Gasteiger partial charge >= 0.3 is 0 Å². The van der Waals surface area contributed by atoms with Crippen molar-refractivity contribution in [2.45, 2.75) is 57.2 Å². The fourth-order valence-electron chi connectivity index (χ4n) is 4.33. The van der Waals surface area contributed by atoms with E-state index >= 15 is 0 Å². The average Bonchev–Trinajstić information content (AvgIpc) is 2.95. The summed E-state index contributed by atoms with van der Waals surface area (Å²) >= 11 is 1.89. The standard InChI is InChI=1S/C17H29NO2S/c1-13(2)21-9-5-14(19)4-8-18-12-17(6-3-7-17)15-10-20-11-16(15)18/h13,15-16H,3-12H2,1-2H3. The first-order valence-corrected chi connectivity index (χ1v) is 9.61. The molecule has 2 unspecified atom stereocenters. The zero-order chi connectivity index (χ0) is 14.9. The summed E-state index contributed by atoms with van der Waals surface area (Å²) in [6, 6.07) is 0.600. The lowest BCUT2D eigenvalue weighted by atomic mass is 9.62. The van der Waals surface area contributed by atoms with Gasteiger partial charge in [-0.2, -0.15) is 11.8 Å². The van der Waals surface area contributed by atoms with Crippen LogP contribution >= 0.6 is 11.8 Å². The molecule has 1 spiro atoms. The number of carbonyl (C=O) groups is 1. The van der Waals surface area contributed by atoms with Crippen LogP contribution in [0.2, 0.25) is 0 Å². The van der Waals surface area contributed by atoms with Gasteiger partial charge in [0.05, 0.1) is 13.2 Å². The molecule has 3 fully saturated rings. The third-order valence-corrected chi connectivity index (χ3v) is 6.79. The molecule has 3 aliphatic rings. The molecule has 0 N–H and O–H groups in total. The number of hydrogen-bond donors (Lipinski definition) is 0. The Kier molecular flexibility index (Phi) is 4.97. The Bertz CT molecular complexity index is 381. The smallest absolute Gasteiger partial charge is 0.135 e. The van der Waals surface area contributed by atoms with E-state index < -0.39 is 0 Å². The van der Waals surface area contributed by atoms with E-state index in [0.717, 1.165) is 44.3 Å². The molecule has 0 bridgehead atoms. The quantitative estimate of drug-likeness (QED) is 0.723. The van der Waals surface area contributed by atoms with E-state index in [1.165, 1.54) is 25.8 Å². The molecule has 3 rings (SSSR count). The Balaban J connectivity index is 1.44. The highest BCUT2D eigenvalue weighted by atomic mass is 32.2. The molecule has 1 saturated carbocycles. The summed E-state index contributed by atoms with van der Waals surface area (Å²) < 4.78 is 5.74. The zero-order valence-corrected chi connectivity index (χ0v) is 14.3. The van der Waals surface area contributed by atoms with Gasteiger partial charge in [-0.1, -0.05) is 20.3 Å². The van der Waals surface area contributed by atoms with Gasteiger partial charge in [0.15, 0.2) is 0 Å². The topological polar surface area (TPSA) is 29.5 Å². The molecule has 2 aliphatic heterocycles. The van der Waals surface area contributed by atoms with E-state index in [1.54, 1.807) is 0 Å². The third-order valence-electron chi connectivity index (χ3n) is 5.68. The van der Waals surface area contributed by atoms with E-state index in [1.807, 2.05) is 11.8 Å². The van der Waals surface area contributed by atoms with Crippen molar-refractivity contribution in [3.05, 3.63) is 0 Å². The van der Waals surface area contributed by atoms with Crippen LogP contribution in [0.4, 0.5) is 0 Å². The molecular formula is C17H29NO2S. The van der Waals surface area contributed by atoms with Crippen molar-refractivity contribution in [1.29, 1.82) is 0 Å². The lowest BCUT2D eigenvalue weighted by Gasteiger charge is -2.42. The molecule has 0 aromatic heterocycles. The van der Waals surface area contributed by atoms with Crippen LogP contribution in [0.1, 0.15) is 46.0 Å². The molecule has 0 aromatic rings. The van der Waals surface area contributed by atoms with E-state index in [2.05, 4.69) is 18.7 Å². The zero-order valence-electron chi connectivity index (χ0n) is 13.5. The summed E-state index contributed by atoms with van der Waals surface area (Å²) in [7, 11) is 0. The Hall–Kier alpha value is -0.0600. The van der Waals surface area contributed by atoms with Crippen molar-refractivity contribution in [3.63, 3.8) is 0 Å². The molecule has 1 aliphatic carbocycles. The van der Waals surface area contributed by atoms with Gasteiger partial charge in [-0.25, -0.2) is 0 Å². The van der Waals surface area contributed by atoms with Crippen LogP contribution in [0, 0.1) is 11.3 Å². The number of nitrogens with zero attached hydrogens (tertiary/aromatic N) is 1. The number of rotatable bonds is 7. The summed E-state index contributed by atoms with van der Waals surface area (Å²) in [6.07, 6.45) is 5.63. The van der Waals surface area contributed by atoms with Crippen molar-refractivity contribution in [2.75, 3.05) is 32.1 Å². The van der Waals surface area contributed by atoms with Crippen LogP contribution in [-0.2, 0) is 9.53 Å². The molecule has 2 saturated heterocycles. The molecule has 120 valence electrons. The fourth-order valence-corrected chi connectivity index (χ4v) is 5.15. The fraction of sp³-hybridized carbons (Fsp3) is 0.941. The van der Waals surface area contributed by atoms with Gasteiger partial charge in [0.1, 0.15) is 5.78 Å². The van der Waals surface area contributed by atoms with Crippen molar-refractivity contribution >= 4 is 17.5 Å². The minimum absolute atomic E-state index is 0.438. The highest BCUT2D eigenvalue weighted by Gasteiger charge is 2.56. The van der Waals surface area contributed by atoms with Crippen LogP contribution < -0.4 is 0 Å². The highest BCUT2D eigenvalue weighted by Crippen LogP contribution is 2.55. The predicted octanol–water partition coefficient (Wildman–Crippen LogP) is 2.98. The van der Waals surface area contributed by atoms with Gasteiger partial charge in [-0.15, -0.1) is 0 Å². The molecule has 0 radical (unpaired) electrons. The van der Waals surface area contributed by atoms with Gasteiger partial charge in [0.25, 0.3) is 0 Å². The van der Waals surface area contributed by atoms with Crippen molar-refractivity contribution in [2.24, 2.45) is 11.3 Å². The number of Topliss-reactive ketones (excluding diaryl/α,β-unsaturated/α-hetero) is 1. The van der Waals surface area contributed by atoms with Crippen LogP contribution in [0.25, 0.3) is 0 Å². The SMILES string of the molecule is CC(C)SCCC(=O)CCN1CC2(CCC2)C2COCC21. The number of ketones is 1. The van der Waals surface area contributed by atoms with Crippen LogP contribution in [-0.4, -0.2) is 54.0 Å². The summed E-state index contributed by atoms with van der Waals surface area (Å²) in [6.45, 7) is 8.41. The minimum Gasteiger partial charge on any atom is -0.379 e. The lowest BCUT2D eigenvalue weighted by molar-refractivity contribution is -0.119. The van der Waals surface area contributed by atoms with E-state index in [0.29, 0.717) is 22.5 Å². The molecule has 4 heteroatoms. The second-order valence-electron chi connectivity index (χ2n) is 7.36. The van der Waals surface area contributed by atoms with Gasteiger partial charge in [0.2, 0.25) is 0 Å². The van der Waals surface area contributed by atoms with Crippen LogP contribution in [0.15, 0.2) is 0 Å². The normalized spacial score (nSPS) is 30.8. The second-order valence-corrected chi connectivity index (χ2v) is 9.04. The van der Waals surface area contributed by atoms with Gasteiger partial charge in [-0.05, 0) is 23.5 Å². The number of hydrogen-bond acceptors (Lipinski definition) is 4.